The van der Waals surface area contributed by atoms with E-state index in [-0.39, 0.29) is 5.76 Å². The van der Waals surface area contributed by atoms with Gasteiger partial charge >= 0.3 is 5.97 Å². The lowest BCUT2D eigenvalue weighted by Crippen LogP contribution is -2.47. The van der Waals surface area contributed by atoms with E-state index in [1.165, 1.54) is 0 Å². The van der Waals surface area contributed by atoms with Crippen molar-refractivity contribution in [1.29, 1.82) is 0 Å². The number of carbonyl (C=O) groups excluding carboxylic acids is 1. The number of carboxylic acid groups (broad SMARTS) is 1. The van der Waals surface area contributed by atoms with Crippen molar-refractivity contribution in [3.63, 3.8) is 0 Å². The second-order valence-electron chi connectivity index (χ2n) is 3.13. The van der Waals surface area contributed by atoms with Gasteiger partial charge in [0.1, 0.15) is 11.7 Å². The molecule has 0 heterocycles. The molecule has 14 heavy (non-hydrogen) atoms. The molecule has 5 nitrogen and oxygen atoms in total. The minimum absolute atomic E-state index is 0.319. The van der Waals surface area contributed by atoms with Crippen LogP contribution in [0.4, 0.5) is 0 Å². The van der Waals surface area contributed by atoms with Crippen molar-refractivity contribution in [1.82, 2.24) is 0 Å². The SMILES string of the molecule is CC(=O)C1(O)C=C(O)C=CC1C(=O)O. The van der Waals surface area contributed by atoms with Crippen LogP contribution in [-0.2, 0) is 9.59 Å². The van der Waals surface area contributed by atoms with Crippen LogP contribution >= 0.6 is 0 Å². The summed E-state index contributed by atoms with van der Waals surface area (Å²) in [6.45, 7) is 1.07. The van der Waals surface area contributed by atoms with Gasteiger partial charge in [-0.2, -0.15) is 0 Å². The van der Waals surface area contributed by atoms with Crippen molar-refractivity contribution in [2.75, 3.05) is 0 Å². The number of allylic oxidation sites excluding steroid dienone is 1. The van der Waals surface area contributed by atoms with Crippen LogP contribution in [0.1, 0.15) is 6.92 Å². The topological polar surface area (TPSA) is 94.8 Å². The Morgan fingerprint density at radius 3 is 2.50 bits per heavy atom. The number of ketones is 1. The predicted molar refractivity (Wildman–Crippen MR) is 46.6 cm³/mol. The molecule has 2 unspecified atom stereocenters. The van der Waals surface area contributed by atoms with E-state index in [1.807, 2.05) is 0 Å². The summed E-state index contributed by atoms with van der Waals surface area (Å²) in [5, 5.41) is 27.5. The summed E-state index contributed by atoms with van der Waals surface area (Å²) in [6.07, 6.45) is 3.06. The van der Waals surface area contributed by atoms with Gasteiger partial charge in [0.15, 0.2) is 11.4 Å². The number of hydrogen-bond donors (Lipinski definition) is 3. The maximum Gasteiger partial charge on any atom is 0.314 e. The van der Waals surface area contributed by atoms with Gasteiger partial charge in [0.05, 0.1) is 0 Å². The quantitative estimate of drug-likeness (QED) is 0.581. The first-order chi connectivity index (χ1) is 6.38. The van der Waals surface area contributed by atoms with E-state index in [0.717, 1.165) is 25.2 Å². The molecular weight excluding hydrogens is 188 g/mol. The molecule has 1 aliphatic rings. The van der Waals surface area contributed by atoms with Crippen LogP contribution in [0.25, 0.3) is 0 Å². The van der Waals surface area contributed by atoms with Crippen LogP contribution in [0, 0.1) is 5.92 Å². The smallest absolute Gasteiger partial charge is 0.314 e. The fourth-order valence-electron chi connectivity index (χ4n) is 1.30. The van der Waals surface area contributed by atoms with Crippen molar-refractivity contribution in [2.24, 2.45) is 5.92 Å². The number of Topliss-reactive ketones (excluding diaryl/α,β-unsaturated/α-hetero) is 1. The third-order valence-corrected chi connectivity index (χ3v) is 2.13. The number of aliphatic hydroxyl groups is 2. The van der Waals surface area contributed by atoms with Crippen molar-refractivity contribution in [3.05, 3.63) is 24.0 Å². The second-order valence-corrected chi connectivity index (χ2v) is 3.13. The summed E-state index contributed by atoms with van der Waals surface area (Å²) in [4.78, 5) is 21.8. The first-order valence-corrected chi connectivity index (χ1v) is 3.94. The van der Waals surface area contributed by atoms with Gasteiger partial charge in [-0.1, -0.05) is 6.08 Å². The molecule has 2 atom stereocenters. The number of rotatable bonds is 2. The Hall–Kier alpha value is -1.62. The average Bonchev–Trinajstić information content (AvgIpc) is 2.02. The second kappa shape index (κ2) is 3.26. The lowest BCUT2D eigenvalue weighted by Gasteiger charge is -2.28. The standard InChI is InChI=1S/C9H10O5/c1-5(10)9(14)4-6(11)2-3-7(9)8(12)13/h2-4,7,11,14H,1H3,(H,12,13). The molecule has 0 aromatic carbocycles. The van der Waals surface area contributed by atoms with Gasteiger partial charge in [-0.15, -0.1) is 0 Å². The summed E-state index contributed by atoms with van der Waals surface area (Å²) in [7, 11) is 0. The molecule has 1 aliphatic carbocycles. The number of aliphatic carboxylic acids is 1. The minimum atomic E-state index is -2.15. The number of hydrogen-bond acceptors (Lipinski definition) is 4. The van der Waals surface area contributed by atoms with E-state index in [1.54, 1.807) is 0 Å². The zero-order valence-corrected chi connectivity index (χ0v) is 7.47. The lowest BCUT2D eigenvalue weighted by molar-refractivity contribution is -0.152. The molecule has 5 heteroatoms. The van der Waals surface area contributed by atoms with Crippen LogP contribution in [0.15, 0.2) is 24.0 Å². The van der Waals surface area contributed by atoms with Gasteiger partial charge in [0.25, 0.3) is 0 Å². The third-order valence-electron chi connectivity index (χ3n) is 2.13. The van der Waals surface area contributed by atoms with Gasteiger partial charge in [0.2, 0.25) is 0 Å². The first kappa shape index (κ1) is 10.5. The monoisotopic (exact) mass is 198 g/mol. The third kappa shape index (κ3) is 1.54. The maximum atomic E-state index is 11.1. The van der Waals surface area contributed by atoms with E-state index < -0.39 is 23.3 Å². The van der Waals surface area contributed by atoms with Crippen molar-refractivity contribution in [2.45, 2.75) is 12.5 Å². The maximum absolute atomic E-state index is 11.1. The highest BCUT2D eigenvalue weighted by Crippen LogP contribution is 2.27. The number of carbonyl (C=O) groups is 2. The normalized spacial score (nSPS) is 31.0. The molecule has 0 bridgehead atoms. The van der Waals surface area contributed by atoms with E-state index in [2.05, 4.69) is 0 Å². The molecule has 0 saturated heterocycles. The van der Waals surface area contributed by atoms with Crippen LogP contribution in [0.5, 0.6) is 0 Å². The summed E-state index contributed by atoms with van der Waals surface area (Å²) < 4.78 is 0. The van der Waals surface area contributed by atoms with Crippen molar-refractivity contribution < 1.29 is 24.9 Å². The van der Waals surface area contributed by atoms with Crippen molar-refractivity contribution >= 4 is 11.8 Å². The van der Waals surface area contributed by atoms with Crippen LogP contribution < -0.4 is 0 Å². The Morgan fingerprint density at radius 2 is 2.07 bits per heavy atom. The Kier molecular flexibility index (Phi) is 2.44. The molecule has 0 radical (unpaired) electrons. The Balaban J connectivity index is 3.17. The average molecular weight is 198 g/mol. The minimum Gasteiger partial charge on any atom is -0.508 e. The molecule has 0 spiro atoms. The molecule has 0 aromatic heterocycles. The number of aliphatic hydroxyl groups excluding tert-OH is 1. The van der Waals surface area contributed by atoms with Gasteiger partial charge in [-0.05, 0) is 19.1 Å². The zero-order chi connectivity index (χ0) is 10.9. The van der Waals surface area contributed by atoms with Gasteiger partial charge in [0, 0.05) is 0 Å². The lowest BCUT2D eigenvalue weighted by atomic mass is 9.80. The van der Waals surface area contributed by atoms with Crippen LogP contribution in [0.3, 0.4) is 0 Å². The molecule has 0 fully saturated rings. The first-order valence-electron chi connectivity index (χ1n) is 3.94. The van der Waals surface area contributed by atoms with Gasteiger partial charge < -0.3 is 15.3 Å². The number of carboxylic acids is 1. The molecule has 0 saturated carbocycles. The molecule has 1 rings (SSSR count). The predicted octanol–water partition coefficient (Wildman–Crippen LogP) is 0.0190. The summed E-state index contributed by atoms with van der Waals surface area (Å²) in [5.74, 6) is -3.71. The summed E-state index contributed by atoms with van der Waals surface area (Å²) >= 11 is 0. The summed E-state index contributed by atoms with van der Waals surface area (Å²) in [6, 6.07) is 0. The Bertz CT molecular complexity index is 341. The molecule has 0 aliphatic heterocycles. The van der Waals surface area contributed by atoms with Gasteiger partial charge in [-0.25, -0.2) is 0 Å². The van der Waals surface area contributed by atoms with Crippen LogP contribution in [0.2, 0.25) is 0 Å². The highest BCUT2D eigenvalue weighted by Gasteiger charge is 2.44. The van der Waals surface area contributed by atoms with E-state index in [4.69, 9.17) is 10.2 Å². The fraction of sp³-hybridized carbons (Fsp3) is 0.333. The zero-order valence-electron chi connectivity index (χ0n) is 7.47. The molecule has 0 amide bonds. The van der Waals surface area contributed by atoms with E-state index in [0.29, 0.717) is 0 Å². The van der Waals surface area contributed by atoms with Crippen molar-refractivity contribution in [3.8, 4) is 0 Å². The molecule has 3 N–H and O–H groups in total. The Morgan fingerprint density at radius 1 is 1.50 bits per heavy atom. The van der Waals surface area contributed by atoms with E-state index >= 15 is 0 Å². The highest BCUT2D eigenvalue weighted by molar-refractivity contribution is 5.94. The largest absolute Gasteiger partial charge is 0.508 e. The summed E-state index contributed by atoms with van der Waals surface area (Å²) in [5.41, 5.74) is -2.15. The molecule has 76 valence electrons. The molecular formula is C9H10O5. The fourth-order valence-corrected chi connectivity index (χ4v) is 1.30. The highest BCUT2D eigenvalue weighted by atomic mass is 16.4. The van der Waals surface area contributed by atoms with E-state index in [9.17, 15) is 14.7 Å². The molecule has 0 aromatic rings. The van der Waals surface area contributed by atoms with Gasteiger partial charge in [-0.3, -0.25) is 9.59 Å². The Labute approximate surface area is 80.0 Å². The van der Waals surface area contributed by atoms with Crippen LogP contribution in [-0.4, -0.2) is 32.7 Å².